The van der Waals surface area contributed by atoms with Crippen LogP contribution in [0.2, 0.25) is 0 Å². The first kappa shape index (κ1) is 11.9. The summed E-state index contributed by atoms with van der Waals surface area (Å²) in [6.07, 6.45) is 0.789. The van der Waals surface area contributed by atoms with Gasteiger partial charge in [0.1, 0.15) is 0 Å². The molecule has 84 valence electrons. The maximum absolute atomic E-state index is 11.7. The van der Waals surface area contributed by atoms with Gasteiger partial charge in [-0.05, 0) is 13.0 Å². The van der Waals surface area contributed by atoms with E-state index < -0.39 is 9.84 Å². The fraction of sp³-hybridized carbons (Fsp3) is 1.00. The van der Waals surface area contributed by atoms with Gasteiger partial charge in [-0.25, -0.2) is 8.42 Å². The molecule has 0 radical (unpaired) electrons. The average molecular weight is 221 g/mol. The smallest absolute Gasteiger partial charge is 0.156 e. The molecule has 4 nitrogen and oxygen atoms in total. The van der Waals surface area contributed by atoms with Crippen LogP contribution in [0.5, 0.6) is 0 Å². The highest BCUT2D eigenvalue weighted by Gasteiger charge is 2.34. The van der Waals surface area contributed by atoms with Crippen LogP contribution in [-0.4, -0.2) is 45.2 Å². The molecule has 0 aromatic heterocycles. The maximum atomic E-state index is 11.7. The van der Waals surface area contributed by atoms with Gasteiger partial charge in [-0.2, -0.15) is 0 Å². The van der Waals surface area contributed by atoms with E-state index in [0.29, 0.717) is 13.2 Å². The number of hydrogen-bond acceptors (Lipinski definition) is 4. The Kier molecular flexibility index (Phi) is 4.34. The largest absolute Gasteiger partial charge is 0.380 e. The van der Waals surface area contributed by atoms with Gasteiger partial charge >= 0.3 is 0 Å². The van der Waals surface area contributed by atoms with Gasteiger partial charge in [-0.1, -0.05) is 13.8 Å². The summed E-state index contributed by atoms with van der Waals surface area (Å²) in [4.78, 5) is 0. The van der Waals surface area contributed by atoms with Gasteiger partial charge in [-0.15, -0.1) is 0 Å². The van der Waals surface area contributed by atoms with Crippen LogP contribution in [0.25, 0.3) is 0 Å². The Morgan fingerprint density at radius 3 is 2.71 bits per heavy atom. The molecule has 0 aromatic carbocycles. The van der Waals surface area contributed by atoms with Crippen LogP contribution in [0.1, 0.15) is 20.3 Å². The molecule has 2 unspecified atom stereocenters. The van der Waals surface area contributed by atoms with Crippen molar-refractivity contribution in [2.24, 2.45) is 0 Å². The first-order valence-electron chi connectivity index (χ1n) is 5.14. The average Bonchev–Trinajstić information content (AvgIpc) is 2.19. The lowest BCUT2D eigenvalue weighted by atomic mass is 10.1. The van der Waals surface area contributed by atoms with Crippen molar-refractivity contribution in [2.75, 3.05) is 25.5 Å². The number of rotatable bonds is 4. The predicted octanol–water partition coefficient (Wildman–Crippen LogP) is 0.188. The van der Waals surface area contributed by atoms with E-state index in [-0.39, 0.29) is 17.0 Å². The molecule has 1 aliphatic heterocycles. The van der Waals surface area contributed by atoms with Crippen LogP contribution < -0.4 is 5.32 Å². The molecule has 1 N–H and O–H groups in total. The molecule has 5 heteroatoms. The molecular formula is C9H19NO3S. The number of hydrogen-bond donors (Lipinski definition) is 1. The highest BCUT2D eigenvalue weighted by Crippen LogP contribution is 2.16. The van der Waals surface area contributed by atoms with Gasteiger partial charge < -0.3 is 10.1 Å². The molecular weight excluding hydrogens is 202 g/mol. The van der Waals surface area contributed by atoms with E-state index in [0.717, 1.165) is 13.0 Å². The summed E-state index contributed by atoms with van der Waals surface area (Å²) in [5, 5.41) is 2.86. The zero-order valence-corrected chi connectivity index (χ0v) is 9.64. The first-order chi connectivity index (χ1) is 6.61. The van der Waals surface area contributed by atoms with Gasteiger partial charge in [0.25, 0.3) is 0 Å². The molecule has 14 heavy (non-hydrogen) atoms. The van der Waals surface area contributed by atoms with Crippen molar-refractivity contribution in [1.82, 2.24) is 5.32 Å². The van der Waals surface area contributed by atoms with E-state index in [9.17, 15) is 8.42 Å². The summed E-state index contributed by atoms with van der Waals surface area (Å²) in [6, 6.07) is 0.0682. The molecule has 0 saturated carbocycles. The van der Waals surface area contributed by atoms with Crippen LogP contribution in [0, 0.1) is 0 Å². The minimum atomic E-state index is -2.98. The molecule has 0 bridgehead atoms. The van der Waals surface area contributed by atoms with Crippen molar-refractivity contribution in [3.8, 4) is 0 Å². The molecule has 0 aromatic rings. The lowest BCUT2D eigenvalue weighted by Gasteiger charge is -2.31. The normalized spacial score (nSPS) is 29.0. The van der Waals surface area contributed by atoms with E-state index in [1.807, 2.05) is 6.92 Å². The second-order valence-corrected chi connectivity index (χ2v) is 6.03. The minimum absolute atomic E-state index is 0.0682. The Balaban J connectivity index is 2.72. The van der Waals surface area contributed by atoms with Gasteiger partial charge in [0.05, 0.1) is 11.9 Å². The van der Waals surface area contributed by atoms with Crippen molar-refractivity contribution in [2.45, 2.75) is 31.6 Å². The third-order valence-electron chi connectivity index (χ3n) is 2.63. The minimum Gasteiger partial charge on any atom is -0.380 e. The predicted molar refractivity (Wildman–Crippen MR) is 56.1 cm³/mol. The van der Waals surface area contributed by atoms with E-state index in [1.165, 1.54) is 0 Å². The molecule has 1 rings (SSSR count). The van der Waals surface area contributed by atoms with Crippen molar-refractivity contribution in [3.05, 3.63) is 0 Å². The molecule has 1 saturated heterocycles. The van der Waals surface area contributed by atoms with Gasteiger partial charge in [-0.3, -0.25) is 0 Å². The van der Waals surface area contributed by atoms with Crippen molar-refractivity contribution in [3.63, 3.8) is 0 Å². The molecule has 0 spiro atoms. The number of ether oxygens (including phenoxy) is 1. The number of sulfone groups is 1. The zero-order valence-electron chi connectivity index (χ0n) is 8.82. The topological polar surface area (TPSA) is 55.4 Å². The van der Waals surface area contributed by atoms with Gasteiger partial charge in [0.15, 0.2) is 9.84 Å². The molecule has 0 aliphatic carbocycles. The van der Waals surface area contributed by atoms with Crippen LogP contribution in [-0.2, 0) is 14.6 Å². The van der Waals surface area contributed by atoms with E-state index in [4.69, 9.17) is 4.74 Å². The monoisotopic (exact) mass is 221 g/mol. The number of nitrogens with one attached hydrogen (secondary N) is 1. The quantitative estimate of drug-likeness (QED) is 0.736. The fourth-order valence-electron chi connectivity index (χ4n) is 1.78. The summed E-state index contributed by atoms with van der Waals surface area (Å²) in [6.45, 7) is 5.49. The Labute approximate surface area is 85.9 Å². The second kappa shape index (κ2) is 5.09. The van der Waals surface area contributed by atoms with Crippen molar-refractivity contribution < 1.29 is 13.2 Å². The van der Waals surface area contributed by atoms with E-state index >= 15 is 0 Å². The van der Waals surface area contributed by atoms with Crippen LogP contribution >= 0.6 is 0 Å². The lowest BCUT2D eigenvalue weighted by Crippen LogP contribution is -2.50. The zero-order chi connectivity index (χ0) is 10.6. The van der Waals surface area contributed by atoms with Crippen molar-refractivity contribution >= 4 is 9.84 Å². The van der Waals surface area contributed by atoms with Crippen LogP contribution in [0.4, 0.5) is 0 Å². The fourth-order valence-corrected chi connectivity index (χ4v) is 3.24. The molecule has 1 fully saturated rings. The summed E-state index contributed by atoms with van der Waals surface area (Å²) in [5.74, 6) is 0.197. The Bertz CT molecular complexity index is 261. The summed E-state index contributed by atoms with van der Waals surface area (Å²) >= 11 is 0. The Morgan fingerprint density at radius 1 is 1.43 bits per heavy atom. The third-order valence-corrected chi connectivity index (χ3v) is 4.83. The molecule has 2 atom stereocenters. The highest BCUT2D eigenvalue weighted by atomic mass is 32.2. The molecule has 1 heterocycles. The van der Waals surface area contributed by atoms with Crippen LogP contribution in [0.3, 0.4) is 0 Å². The van der Waals surface area contributed by atoms with Gasteiger partial charge in [0, 0.05) is 18.4 Å². The Morgan fingerprint density at radius 2 is 2.14 bits per heavy atom. The highest BCUT2D eigenvalue weighted by molar-refractivity contribution is 7.92. The lowest BCUT2D eigenvalue weighted by molar-refractivity contribution is 0.0812. The van der Waals surface area contributed by atoms with E-state index in [1.54, 1.807) is 6.92 Å². The molecule has 0 amide bonds. The third kappa shape index (κ3) is 2.68. The van der Waals surface area contributed by atoms with Crippen LogP contribution in [0.15, 0.2) is 0 Å². The summed E-state index contributed by atoms with van der Waals surface area (Å²) in [7, 11) is -2.98. The SMILES string of the molecule is CCNC1CCOCC1S(=O)(=O)CC. The summed E-state index contributed by atoms with van der Waals surface area (Å²) < 4.78 is 28.7. The van der Waals surface area contributed by atoms with Crippen molar-refractivity contribution in [1.29, 1.82) is 0 Å². The Hall–Kier alpha value is -0.130. The first-order valence-corrected chi connectivity index (χ1v) is 6.86. The maximum Gasteiger partial charge on any atom is 0.156 e. The second-order valence-electron chi connectivity index (χ2n) is 3.52. The standard InChI is InChI=1S/C9H19NO3S/c1-3-10-8-5-6-13-7-9(8)14(11,12)4-2/h8-10H,3-7H2,1-2H3. The van der Waals surface area contributed by atoms with E-state index in [2.05, 4.69) is 5.32 Å². The van der Waals surface area contributed by atoms with Gasteiger partial charge in [0.2, 0.25) is 0 Å². The summed E-state index contributed by atoms with van der Waals surface area (Å²) in [5.41, 5.74) is 0. The molecule has 1 aliphatic rings.